The van der Waals surface area contributed by atoms with Gasteiger partial charge in [-0.05, 0) is 59.0 Å². The van der Waals surface area contributed by atoms with E-state index in [1.165, 1.54) is 22.7 Å². The number of carbonyl (C=O) groups excluding carboxylic acids is 2. The number of amides is 2. The van der Waals surface area contributed by atoms with Crippen molar-refractivity contribution in [2.24, 2.45) is 22.9 Å². The number of rotatable bonds is 13. The minimum Gasteiger partial charge on any atom is -0.365 e. The molecule has 172 valence electrons. The van der Waals surface area contributed by atoms with E-state index in [-0.39, 0.29) is 11.9 Å². The van der Waals surface area contributed by atoms with Gasteiger partial charge in [-0.3, -0.25) is 9.59 Å². The average Bonchev–Trinajstić information content (AvgIpc) is 3.32. The van der Waals surface area contributed by atoms with E-state index in [0.717, 1.165) is 42.1 Å². The third-order valence-corrected chi connectivity index (χ3v) is 6.94. The Kier molecular flexibility index (Phi) is 9.97. The predicted octanol–water partition coefficient (Wildman–Crippen LogP) is 1.91. The number of aryl methyl sites for hydroxylation is 2. The minimum atomic E-state index is -0.546. The molecule has 0 spiro atoms. The molecule has 2 aromatic rings. The first-order valence-electron chi connectivity index (χ1n) is 10.5. The monoisotopic (exact) mass is 467 g/mol. The molecule has 0 saturated heterocycles. The standard InChI is InChI=1S/C20H33N7O2S2/c1-11(15-17(19(24)28)31-14(27-15)8-4-6-10-22)25-20(29)18-16(26-12(2)30-18)13(23)7-3-5-9-21/h11,13H,3-10,21-23H2,1-2H3,(H2,24,28)(H,25,29)/t11-,13-/m0/s1. The maximum Gasteiger partial charge on any atom is 0.263 e. The van der Waals surface area contributed by atoms with Crippen LogP contribution in [0, 0.1) is 6.92 Å². The van der Waals surface area contributed by atoms with Gasteiger partial charge in [0.15, 0.2) is 0 Å². The molecule has 0 bridgehead atoms. The van der Waals surface area contributed by atoms with Crippen LogP contribution in [0.3, 0.4) is 0 Å². The van der Waals surface area contributed by atoms with Crippen LogP contribution < -0.4 is 28.3 Å². The van der Waals surface area contributed by atoms with Crippen LogP contribution in [0.15, 0.2) is 0 Å². The lowest BCUT2D eigenvalue weighted by molar-refractivity contribution is 0.0936. The molecule has 0 aromatic carbocycles. The third kappa shape index (κ3) is 7.04. The number of hydrogen-bond acceptors (Lipinski definition) is 9. The summed E-state index contributed by atoms with van der Waals surface area (Å²) in [6.45, 7) is 4.86. The summed E-state index contributed by atoms with van der Waals surface area (Å²) < 4.78 is 0. The molecule has 2 amide bonds. The third-order valence-electron chi connectivity index (χ3n) is 4.81. The van der Waals surface area contributed by atoms with E-state index in [9.17, 15) is 9.59 Å². The van der Waals surface area contributed by atoms with Crippen molar-refractivity contribution in [3.05, 3.63) is 31.2 Å². The highest BCUT2D eigenvalue weighted by molar-refractivity contribution is 7.14. The van der Waals surface area contributed by atoms with Gasteiger partial charge in [0.1, 0.15) is 9.75 Å². The zero-order valence-corrected chi connectivity index (χ0v) is 19.8. The van der Waals surface area contributed by atoms with Crippen molar-refractivity contribution in [1.29, 1.82) is 0 Å². The molecule has 2 heterocycles. The lowest BCUT2D eigenvalue weighted by Gasteiger charge is -2.15. The summed E-state index contributed by atoms with van der Waals surface area (Å²) in [6.07, 6.45) is 4.95. The van der Waals surface area contributed by atoms with Crippen LogP contribution >= 0.6 is 22.7 Å². The second-order valence-corrected chi connectivity index (χ2v) is 9.75. The van der Waals surface area contributed by atoms with Gasteiger partial charge in [-0.1, -0.05) is 6.42 Å². The number of nitrogens with two attached hydrogens (primary N) is 4. The van der Waals surface area contributed by atoms with Gasteiger partial charge in [-0.25, -0.2) is 9.97 Å². The molecular weight excluding hydrogens is 434 g/mol. The second-order valence-electron chi connectivity index (χ2n) is 7.47. The maximum atomic E-state index is 13.0. The first kappa shape index (κ1) is 25.3. The van der Waals surface area contributed by atoms with Gasteiger partial charge in [0.25, 0.3) is 11.8 Å². The highest BCUT2D eigenvalue weighted by Gasteiger charge is 2.26. The highest BCUT2D eigenvalue weighted by Crippen LogP contribution is 2.28. The second kappa shape index (κ2) is 12.2. The molecule has 0 unspecified atom stereocenters. The van der Waals surface area contributed by atoms with Crippen molar-refractivity contribution in [3.63, 3.8) is 0 Å². The van der Waals surface area contributed by atoms with Crippen LogP contribution in [0.5, 0.6) is 0 Å². The zero-order chi connectivity index (χ0) is 23.0. The number of carbonyl (C=O) groups is 2. The first-order chi connectivity index (χ1) is 14.8. The fourth-order valence-electron chi connectivity index (χ4n) is 3.21. The number of nitrogens with zero attached hydrogens (tertiary/aromatic N) is 2. The Morgan fingerprint density at radius 1 is 1.00 bits per heavy atom. The molecule has 9 N–H and O–H groups in total. The van der Waals surface area contributed by atoms with Crippen LogP contribution in [-0.2, 0) is 6.42 Å². The molecule has 31 heavy (non-hydrogen) atoms. The summed E-state index contributed by atoms with van der Waals surface area (Å²) in [4.78, 5) is 34.9. The Labute approximate surface area is 191 Å². The Morgan fingerprint density at radius 3 is 2.32 bits per heavy atom. The zero-order valence-electron chi connectivity index (χ0n) is 18.1. The molecule has 2 aromatic heterocycles. The molecule has 9 nitrogen and oxygen atoms in total. The molecule has 0 aliphatic carbocycles. The Balaban J connectivity index is 2.16. The van der Waals surface area contributed by atoms with E-state index in [1.54, 1.807) is 6.92 Å². The van der Waals surface area contributed by atoms with Crippen molar-refractivity contribution in [2.45, 2.75) is 64.5 Å². The molecule has 11 heteroatoms. The van der Waals surface area contributed by atoms with E-state index in [4.69, 9.17) is 22.9 Å². The van der Waals surface area contributed by atoms with Crippen LogP contribution in [0.25, 0.3) is 0 Å². The number of thiazole rings is 2. The van der Waals surface area contributed by atoms with Crippen molar-refractivity contribution in [2.75, 3.05) is 13.1 Å². The van der Waals surface area contributed by atoms with Crippen LogP contribution in [0.1, 0.15) is 91.9 Å². The lowest BCUT2D eigenvalue weighted by atomic mass is 10.1. The summed E-state index contributed by atoms with van der Waals surface area (Å²) in [5.74, 6) is -0.828. The molecule has 2 rings (SSSR count). The van der Waals surface area contributed by atoms with E-state index in [0.29, 0.717) is 40.7 Å². The quantitative estimate of drug-likeness (QED) is 0.279. The van der Waals surface area contributed by atoms with Gasteiger partial charge in [0.05, 0.1) is 27.4 Å². The Morgan fingerprint density at radius 2 is 1.68 bits per heavy atom. The summed E-state index contributed by atoms with van der Waals surface area (Å²) in [5.41, 5.74) is 24.0. The van der Waals surface area contributed by atoms with Gasteiger partial charge >= 0.3 is 0 Å². The van der Waals surface area contributed by atoms with E-state index in [2.05, 4.69) is 15.3 Å². The number of unbranched alkanes of at least 4 members (excludes halogenated alkanes) is 2. The van der Waals surface area contributed by atoms with Gasteiger partial charge in [-0.15, -0.1) is 22.7 Å². The van der Waals surface area contributed by atoms with Crippen LogP contribution in [0.4, 0.5) is 0 Å². The fraction of sp³-hybridized carbons (Fsp3) is 0.600. The van der Waals surface area contributed by atoms with Crippen molar-refractivity contribution in [3.8, 4) is 0 Å². The normalized spacial score (nSPS) is 13.2. The fourth-order valence-corrected chi connectivity index (χ4v) is 5.15. The van der Waals surface area contributed by atoms with Crippen molar-refractivity contribution in [1.82, 2.24) is 15.3 Å². The van der Waals surface area contributed by atoms with Gasteiger partial charge < -0.3 is 28.3 Å². The van der Waals surface area contributed by atoms with Gasteiger partial charge in [0.2, 0.25) is 0 Å². The largest absolute Gasteiger partial charge is 0.365 e. The molecule has 0 aliphatic rings. The SMILES string of the molecule is Cc1nc([C@@H](N)CCCCN)c(C(=O)N[C@@H](C)c2nc(CCCCN)sc2C(N)=O)s1. The maximum absolute atomic E-state index is 13.0. The minimum absolute atomic E-state index is 0.282. The smallest absolute Gasteiger partial charge is 0.263 e. The number of aromatic nitrogens is 2. The topological polar surface area (TPSA) is 176 Å². The first-order valence-corrected chi connectivity index (χ1v) is 12.1. The Bertz CT molecular complexity index is 881. The van der Waals surface area contributed by atoms with E-state index in [1.807, 2.05) is 6.92 Å². The van der Waals surface area contributed by atoms with Crippen LogP contribution in [-0.4, -0.2) is 34.9 Å². The number of nitrogens with one attached hydrogen (secondary N) is 1. The molecule has 2 atom stereocenters. The molecule has 0 fully saturated rings. The number of hydrogen-bond donors (Lipinski definition) is 5. The highest BCUT2D eigenvalue weighted by atomic mass is 32.1. The lowest BCUT2D eigenvalue weighted by Crippen LogP contribution is -2.29. The van der Waals surface area contributed by atoms with E-state index >= 15 is 0 Å². The van der Waals surface area contributed by atoms with Gasteiger partial charge in [-0.2, -0.15) is 0 Å². The summed E-state index contributed by atoms with van der Waals surface area (Å²) in [6, 6.07) is -0.819. The molecule has 0 aliphatic heterocycles. The van der Waals surface area contributed by atoms with Crippen molar-refractivity contribution >= 4 is 34.5 Å². The predicted molar refractivity (Wildman–Crippen MR) is 125 cm³/mol. The summed E-state index contributed by atoms with van der Waals surface area (Å²) >= 11 is 2.58. The molecule has 0 radical (unpaired) electrons. The number of primary amides is 1. The average molecular weight is 468 g/mol. The summed E-state index contributed by atoms with van der Waals surface area (Å²) in [5, 5.41) is 4.52. The van der Waals surface area contributed by atoms with Crippen LogP contribution in [0.2, 0.25) is 0 Å². The van der Waals surface area contributed by atoms with Gasteiger partial charge in [0, 0.05) is 6.04 Å². The van der Waals surface area contributed by atoms with Crippen molar-refractivity contribution < 1.29 is 9.59 Å². The van der Waals surface area contributed by atoms with E-state index < -0.39 is 11.9 Å². The molecular formula is C20H33N7O2S2. The summed E-state index contributed by atoms with van der Waals surface area (Å²) in [7, 11) is 0. The Hall–Kier alpha value is -1.92. The molecule has 0 saturated carbocycles.